The molecule has 0 amide bonds. The minimum Gasteiger partial charge on any atom is -0.395 e. The molecule has 26 heavy (non-hydrogen) atoms. The second-order valence-electron chi connectivity index (χ2n) is 5.93. The number of fused-ring (bicyclic) bond motifs is 3. The Morgan fingerprint density at radius 3 is 3.04 bits per heavy atom. The van der Waals surface area contributed by atoms with E-state index in [-0.39, 0.29) is 12.2 Å². The van der Waals surface area contributed by atoms with E-state index >= 15 is 0 Å². The zero-order valence-corrected chi connectivity index (χ0v) is 15.0. The Kier molecular flexibility index (Phi) is 4.36. The molecule has 0 unspecified atom stereocenters. The summed E-state index contributed by atoms with van der Waals surface area (Å²) in [7, 11) is 0. The number of hydrogen-bond acceptors (Lipinski definition) is 7. The Morgan fingerprint density at radius 2 is 2.19 bits per heavy atom. The monoisotopic (exact) mass is 367 g/mol. The highest BCUT2D eigenvalue weighted by molar-refractivity contribution is 7.25. The van der Waals surface area contributed by atoms with Crippen molar-refractivity contribution in [3.63, 3.8) is 0 Å². The molecule has 3 aromatic heterocycles. The number of allylic oxidation sites excluding steroid dienone is 6. The molecule has 7 nitrogen and oxygen atoms in total. The maximum Gasteiger partial charge on any atom is 0.275 e. The summed E-state index contributed by atoms with van der Waals surface area (Å²) in [6, 6.07) is 0. The van der Waals surface area contributed by atoms with E-state index < -0.39 is 0 Å². The Balaban J connectivity index is 1.90. The van der Waals surface area contributed by atoms with Crippen molar-refractivity contribution in [2.75, 3.05) is 18.5 Å². The standard InChI is InChI=1S/C18H17N5O2S/c1-11-3-2-4-12(6-5-11)23-10-22-14-13-16(19-7-8-24)20-9-21-17(13)26-15(14)18(23)25/h2-3,5-6,9-10,24H,4,7-8H2,1H3,(H,19,20,21). The Morgan fingerprint density at radius 1 is 1.31 bits per heavy atom. The summed E-state index contributed by atoms with van der Waals surface area (Å²) in [4.78, 5) is 26.8. The van der Waals surface area contributed by atoms with Gasteiger partial charge in [0.05, 0.1) is 12.0 Å². The molecule has 4 rings (SSSR count). The maximum absolute atomic E-state index is 13.1. The number of nitrogens with one attached hydrogen (secondary N) is 1. The molecule has 0 radical (unpaired) electrons. The SMILES string of the molecule is CC1=CC=C(n2cnc3c(sc4ncnc(NCCO)c43)c2=O)CC=C1. The topological polar surface area (TPSA) is 92.9 Å². The molecule has 3 aromatic rings. The third kappa shape index (κ3) is 2.83. The molecule has 0 fully saturated rings. The van der Waals surface area contributed by atoms with Crippen molar-refractivity contribution in [3.05, 3.63) is 52.9 Å². The van der Waals surface area contributed by atoms with Gasteiger partial charge in [0.1, 0.15) is 33.5 Å². The number of nitrogens with zero attached hydrogens (tertiary/aromatic N) is 4. The molecule has 3 heterocycles. The predicted octanol–water partition coefficient (Wildman–Crippen LogP) is 2.55. The highest BCUT2D eigenvalue weighted by Crippen LogP contribution is 2.33. The van der Waals surface area contributed by atoms with E-state index in [1.54, 1.807) is 10.9 Å². The van der Waals surface area contributed by atoms with Crippen molar-refractivity contribution < 1.29 is 5.11 Å². The molecule has 2 N–H and O–H groups in total. The van der Waals surface area contributed by atoms with Crippen molar-refractivity contribution in [1.82, 2.24) is 19.5 Å². The smallest absolute Gasteiger partial charge is 0.275 e. The third-order valence-electron chi connectivity index (χ3n) is 4.14. The minimum absolute atomic E-state index is 0.0115. The van der Waals surface area contributed by atoms with Crippen molar-refractivity contribution in [3.8, 4) is 0 Å². The first-order valence-electron chi connectivity index (χ1n) is 8.23. The number of thiophene rings is 1. The predicted molar refractivity (Wildman–Crippen MR) is 104 cm³/mol. The van der Waals surface area contributed by atoms with Crippen LogP contribution in [0.3, 0.4) is 0 Å². The van der Waals surface area contributed by atoms with Crippen LogP contribution in [-0.4, -0.2) is 37.8 Å². The van der Waals surface area contributed by atoms with Crippen LogP contribution in [0.5, 0.6) is 0 Å². The van der Waals surface area contributed by atoms with E-state index in [4.69, 9.17) is 5.11 Å². The van der Waals surface area contributed by atoms with Gasteiger partial charge in [0.25, 0.3) is 5.56 Å². The average Bonchev–Trinajstić information content (AvgIpc) is 2.90. The van der Waals surface area contributed by atoms with Crippen molar-refractivity contribution >= 4 is 43.3 Å². The molecule has 0 saturated carbocycles. The Labute approximate surface area is 153 Å². The number of aliphatic hydroxyl groups is 1. The van der Waals surface area contributed by atoms with Crippen LogP contribution in [0.2, 0.25) is 0 Å². The van der Waals surface area contributed by atoms with Gasteiger partial charge in [0.2, 0.25) is 0 Å². The average molecular weight is 367 g/mol. The minimum atomic E-state index is -0.112. The number of aromatic nitrogens is 4. The van der Waals surface area contributed by atoms with Crippen molar-refractivity contribution in [1.29, 1.82) is 0 Å². The van der Waals surface area contributed by atoms with Gasteiger partial charge in [0, 0.05) is 18.7 Å². The molecule has 0 aromatic carbocycles. The molecule has 0 bridgehead atoms. The summed E-state index contributed by atoms with van der Waals surface area (Å²) in [5, 5.41) is 12.8. The summed E-state index contributed by atoms with van der Waals surface area (Å²) >= 11 is 1.31. The molecule has 1 aliphatic rings. The third-order valence-corrected chi connectivity index (χ3v) is 5.21. The van der Waals surface area contributed by atoms with Gasteiger partial charge < -0.3 is 10.4 Å². The first kappa shape index (κ1) is 16.6. The summed E-state index contributed by atoms with van der Waals surface area (Å²) in [5.74, 6) is 0.579. The first-order chi connectivity index (χ1) is 12.7. The molecule has 0 aliphatic heterocycles. The molecule has 132 valence electrons. The van der Waals surface area contributed by atoms with Gasteiger partial charge in [-0.3, -0.25) is 9.36 Å². The van der Waals surface area contributed by atoms with Crippen LogP contribution >= 0.6 is 11.3 Å². The van der Waals surface area contributed by atoms with E-state index in [2.05, 4.69) is 20.3 Å². The van der Waals surface area contributed by atoms with Crippen LogP contribution in [-0.2, 0) is 0 Å². The molecule has 0 spiro atoms. The van der Waals surface area contributed by atoms with Crippen LogP contribution in [0.25, 0.3) is 26.1 Å². The zero-order chi connectivity index (χ0) is 18.1. The van der Waals surface area contributed by atoms with E-state index in [1.807, 2.05) is 31.2 Å². The van der Waals surface area contributed by atoms with E-state index in [0.717, 1.165) is 16.7 Å². The van der Waals surface area contributed by atoms with Crippen LogP contribution in [0, 0.1) is 0 Å². The number of aliphatic hydroxyl groups excluding tert-OH is 1. The van der Waals surface area contributed by atoms with Gasteiger partial charge in [-0.05, 0) is 13.0 Å². The fourth-order valence-corrected chi connectivity index (χ4v) is 3.90. The number of hydrogen-bond donors (Lipinski definition) is 2. The van der Waals surface area contributed by atoms with Crippen LogP contribution in [0.1, 0.15) is 13.3 Å². The second kappa shape index (κ2) is 6.81. The van der Waals surface area contributed by atoms with Gasteiger partial charge >= 0.3 is 0 Å². The molecular weight excluding hydrogens is 350 g/mol. The normalized spacial score (nSPS) is 14.4. The summed E-state index contributed by atoms with van der Waals surface area (Å²) in [5.41, 5.74) is 2.49. The van der Waals surface area contributed by atoms with Crippen LogP contribution in [0.15, 0.2) is 47.3 Å². The fourth-order valence-electron chi connectivity index (χ4n) is 2.87. The molecular formula is C18H17N5O2S. The number of anilines is 1. The van der Waals surface area contributed by atoms with Crippen molar-refractivity contribution in [2.45, 2.75) is 13.3 Å². The Hall–Kier alpha value is -2.84. The molecule has 1 aliphatic carbocycles. The van der Waals surface area contributed by atoms with E-state index in [1.165, 1.54) is 17.7 Å². The summed E-state index contributed by atoms with van der Waals surface area (Å²) in [6.07, 6.45) is 11.7. The van der Waals surface area contributed by atoms with Gasteiger partial charge in [0.15, 0.2) is 0 Å². The Bertz CT molecular complexity index is 1140. The lowest BCUT2D eigenvalue weighted by atomic mass is 10.2. The summed E-state index contributed by atoms with van der Waals surface area (Å²) in [6.45, 7) is 2.37. The highest BCUT2D eigenvalue weighted by Gasteiger charge is 2.17. The second-order valence-corrected chi connectivity index (χ2v) is 6.93. The van der Waals surface area contributed by atoms with Gasteiger partial charge in [-0.25, -0.2) is 15.0 Å². The van der Waals surface area contributed by atoms with Crippen molar-refractivity contribution in [2.24, 2.45) is 0 Å². The van der Waals surface area contributed by atoms with Gasteiger partial charge in [-0.15, -0.1) is 11.3 Å². The molecule has 0 saturated heterocycles. The van der Waals surface area contributed by atoms with Gasteiger partial charge in [-0.2, -0.15) is 0 Å². The molecule has 8 heteroatoms. The lowest BCUT2D eigenvalue weighted by Crippen LogP contribution is -2.18. The quantitative estimate of drug-likeness (QED) is 0.736. The lowest BCUT2D eigenvalue weighted by Gasteiger charge is -2.07. The maximum atomic E-state index is 13.1. The summed E-state index contributed by atoms with van der Waals surface area (Å²) < 4.78 is 2.13. The van der Waals surface area contributed by atoms with E-state index in [9.17, 15) is 4.79 Å². The largest absolute Gasteiger partial charge is 0.395 e. The zero-order valence-electron chi connectivity index (χ0n) is 14.1. The number of rotatable bonds is 4. The van der Waals surface area contributed by atoms with E-state index in [0.29, 0.717) is 33.8 Å². The first-order valence-corrected chi connectivity index (χ1v) is 9.04. The lowest BCUT2D eigenvalue weighted by molar-refractivity contribution is 0.311. The van der Waals surface area contributed by atoms with Crippen LogP contribution < -0.4 is 10.9 Å². The molecule has 0 atom stereocenters. The highest BCUT2D eigenvalue weighted by atomic mass is 32.1. The van der Waals surface area contributed by atoms with Crippen LogP contribution in [0.4, 0.5) is 5.82 Å². The fraction of sp³-hybridized carbons (Fsp3) is 0.222. The van der Waals surface area contributed by atoms with Gasteiger partial charge in [-0.1, -0.05) is 23.8 Å².